The summed E-state index contributed by atoms with van der Waals surface area (Å²) in [6.07, 6.45) is -4.52. The Hall–Kier alpha value is -1.14. The van der Waals surface area contributed by atoms with Crippen LogP contribution >= 0.6 is 22.9 Å². The van der Waals surface area contributed by atoms with Crippen molar-refractivity contribution in [3.8, 4) is 10.6 Å². The molecule has 2 aromatic rings. The van der Waals surface area contributed by atoms with Crippen molar-refractivity contribution in [1.82, 2.24) is 9.97 Å². The highest BCUT2D eigenvalue weighted by atomic mass is 35.5. The fourth-order valence-electron chi connectivity index (χ4n) is 1.31. The number of alkyl halides is 3. The van der Waals surface area contributed by atoms with Crippen LogP contribution in [0.15, 0.2) is 17.5 Å². The van der Waals surface area contributed by atoms with Gasteiger partial charge >= 0.3 is 6.18 Å². The molecule has 0 aliphatic rings. The van der Waals surface area contributed by atoms with Gasteiger partial charge in [0.2, 0.25) is 5.28 Å². The lowest BCUT2D eigenvalue weighted by molar-refractivity contribution is -0.141. The van der Waals surface area contributed by atoms with Crippen LogP contribution in [-0.2, 0) is 6.18 Å². The fourth-order valence-corrected chi connectivity index (χ4v) is 2.38. The van der Waals surface area contributed by atoms with Crippen molar-refractivity contribution in [3.05, 3.63) is 34.1 Å². The summed E-state index contributed by atoms with van der Waals surface area (Å²) >= 11 is 6.82. The Morgan fingerprint density at radius 1 is 1.29 bits per heavy atom. The maximum absolute atomic E-state index is 12.5. The first-order valence-corrected chi connectivity index (χ1v) is 5.80. The van der Waals surface area contributed by atoms with Gasteiger partial charge in [0.05, 0.1) is 10.6 Å². The second-order valence-corrected chi connectivity index (χ2v) is 4.59. The first-order chi connectivity index (χ1) is 7.88. The summed E-state index contributed by atoms with van der Waals surface area (Å²) < 4.78 is 37.6. The minimum atomic E-state index is -4.52. The quantitative estimate of drug-likeness (QED) is 0.731. The van der Waals surface area contributed by atoms with Gasteiger partial charge in [-0.1, -0.05) is 0 Å². The predicted molar refractivity (Wildman–Crippen MR) is 60.1 cm³/mol. The van der Waals surface area contributed by atoms with Crippen molar-refractivity contribution in [2.75, 3.05) is 0 Å². The number of thiophene rings is 1. The fraction of sp³-hybridized carbons (Fsp3) is 0.200. The van der Waals surface area contributed by atoms with Crippen molar-refractivity contribution in [3.63, 3.8) is 0 Å². The lowest BCUT2D eigenvalue weighted by atomic mass is 10.2. The zero-order chi connectivity index (χ0) is 12.6. The van der Waals surface area contributed by atoms with Crippen LogP contribution in [0.25, 0.3) is 10.6 Å². The number of aryl methyl sites for hydroxylation is 1. The third kappa shape index (κ3) is 2.58. The Bertz CT molecular complexity index is 551. The van der Waals surface area contributed by atoms with Crippen LogP contribution in [0, 0.1) is 6.92 Å². The van der Waals surface area contributed by atoms with Crippen LogP contribution in [0.4, 0.5) is 13.2 Å². The molecule has 0 aromatic carbocycles. The van der Waals surface area contributed by atoms with Crippen LogP contribution < -0.4 is 0 Å². The van der Waals surface area contributed by atoms with Crippen molar-refractivity contribution in [2.24, 2.45) is 0 Å². The minimum Gasteiger partial charge on any atom is -0.217 e. The number of hydrogen-bond acceptors (Lipinski definition) is 3. The highest BCUT2D eigenvalue weighted by molar-refractivity contribution is 7.13. The lowest BCUT2D eigenvalue weighted by Gasteiger charge is -2.07. The number of aromatic nitrogens is 2. The second kappa shape index (κ2) is 4.27. The maximum Gasteiger partial charge on any atom is 0.433 e. The normalized spacial score (nSPS) is 11.8. The highest BCUT2D eigenvalue weighted by Crippen LogP contribution is 2.33. The zero-order valence-electron chi connectivity index (χ0n) is 8.55. The van der Waals surface area contributed by atoms with Crippen molar-refractivity contribution in [2.45, 2.75) is 13.1 Å². The highest BCUT2D eigenvalue weighted by Gasteiger charge is 2.33. The van der Waals surface area contributed by atoms with Gasteiger partial charge in [-0.05, 0) is 41.6 Å². The molecular weight excluding hydrogens is 273 g/mol. The van der Waals surface area contributed by atoms with Gasteiger partial charge in [0.1, 0.15) is 5.69 Å². The first kappa shape index (κ1) is 12.3. The summed E-state index contributed by atoms with van der Waals surface area (Å²) in [6, 6.07) is 2.72. The van der Waals surface area contributed by atoms with Crippen LogP contribution in [0.3, 0.4) is 0 Å². The minimum absolute atomic E-state index is 0.199. The molecule has 0 amide bonds. The summed E-state index contributed by atoms with van der Waals surface area (Å²) in [5.41, 5.74) is 0.0306. The lowest BCUT2D eigenvalue weighted by Crippen LogP contribution is -2.09. The molecule has 0 fully saturated rings. The summed E-state index contributed by atoms with van der Waals surface area (Å²) in [5.74, 6) is 0. The van der Waals surface area contributed by atoms with E-state index in [-0.39, 0.29) is 5.69 Å². The molecule has 2 heterocycles. The molecule has 7 heteroatoms. The van der Waals surface area contributed by atoms with Crippen LogP contribution in [-0.4, -0.2) is 9.97 Å². The average Bonchev–Trinajstić information content (AvgIpc) is 2.62. The molecule has 0 bridgehead atoms. The standard InChI is InChI=1S/C10H6ClF3N2S/c1-5-2-3-17-8(5)6-4-7(10(12,13)14)16-9(11)15-6/h2-4H,1H3. The maximum atomic E-state index is 12.5. The molecular formula is C10H6ClF3N2S. The van der Waals surface area contributed by atoms with Gasteiger partial charge in [-0.25, -0.2) is 9.97 Å². The molecule has 0 radical (unpaired) electrons. The molecule has 0 unspecified atom stereocenters. The summed E-state index contributed by atoms with van der Waals surface area (Å²) in [6.45, 7) is 1.80. The van der Waals surface area contributed by atoms with E-state index < -0.39 is 17.2 Å². The van der Waals surface area contributed by atoms with Crippen molar-refractivity contribution in [1.29, 1.82) is 0 Å². The van der Waals surface area contributed by atoms with Gasteiger partial charge in [0.15, 0.2) is 0 Å². The van der Waals surface area contributed by atoms with Crippen LogP contribution in [0.5, 0.6) is 0 Å². The van der Waals surface area contributed by atoms with E-state index in [1.807, 2.05) is 6.07 Å². The smallest absolute Gasteiger partial charge is 0.217 e. The molecule has 0 aliphatic carbocycles. The van der Waals surface area contributed by atoms with Gasteiger partial charge in [0, 0.05) is 0 Å². The number of rotatable bonds is 1. The molecule has 0 spiro atoms. The molecule has 2 nitrogen and oxygen atoms in total. The first-order valence-electron chi connectivity index (χ1n) is 4.54. The number of hydrogen-bond donors (Lipinski definition) is 0. The van der Waals surface area contributed by atoms with E-state index in [4.69, 9.17) is 11.6 Å². The monoisotopic (exact) mass is 278 g/mol. The van der Waals surface area contributed by atoms with Gasteiger partial charge in [-0.2, -0.15) is 13.2 Å². The summed E-state index contributed by atoms with van der Waals surface area (Å²) in [5, 5.41) is 1.39. The van der Waals surface area contributed by atoms with E-state index >= 15 is 0 Å². The van der Waals surface area contributed by atoms with E-state index in [2.05, 4.69) is 9.97 Å². The molecule has 17 heavy (non-hydrogen) atoms. The molecule has 0 saturated heterocycles. The van der Waals surface area contributed by atoms with E-state index in [1.54, 1.807) is 12.3 Å². The van der Waals surface area contributed by atoms with Crippen molar-refractivity contribution < 1.29 is 13.2 Å². The van der Waals surface area contributed by atoms with E-state index in [0.717, 1.165) is 11.6 Å². The Morgan fingerprint density at radius 3 is 2.53 bits per heavy atom. The zero-order valence-corrected chi connectivity index (χ0v) is 10.1. The summed E-state index contributed by atoms with van der Waals surface area (Å²) in [7, 11) is 0. The van der Waals surface area contributed by atoms with Crippen LogP contribution in [0.2, 0.25) is 5.28 Å². The number of halogens is 4. The Balaban J connectivity index is 2.57. The van der Waals surface area contributed by atoms with E-state index in [9.17, 15) is 13.2 Å². The number of nitrogens with zero attached hydrogens (tertiary/aromatic N) is 2. The van der Waals surface area contributed by atoms with E-state index in [1.165, 1.54) is 11.3 Å². The topological polar surface area (TPSA) is 25.8 Å². The Kier molecular flexibility index (Phi) is 3.09. The average molecular weight is 279 g/mol. The van der Waals surface area contributed by atoms with Gasteiger partial charge in [-0.15, -0.1) is 11.3 Å². The second-order valence-electron chi connectivity index (χ2n) is 3.34. The third-order valence-corrected chi connectivity index (χ3v) is 3.29. The van der Waals surface area contributed by atoms with Gasteiger partial charge in [0.25, 0.3) is 0 Å². The molecule has 2 rings (SSSR count). The van der Waals surface area contributed by atoms with E-state index in [0.29, 0.717) is 4.88 Å². The Labute approximate surface area is 104 Å². The third-order valence-electron chi connectivity index (χ3n) is 2.08. The largest absolute Gasteiger partial charge is 0.433 e. The summed E-state index contributed by atoms with van der Waals surface area (Å²) in [4.78, 5) is 7.66. The van der Waals surface area contributed by atoms with Crippen molar-refractivity contribution >= 4 is 22.9 Å². The predicted octanol–water partition coefficient (Wildman–Crippen LogP) is 4.19. The molecule has 0 atom stereocenters. The molecule has 0 N–H and O–H groups in total. The Morgan fingerprint density at radius 2 is 2.00 bits per heavy atom. The molecule has 0 saturated carbocycles. The van der Waals surface area contributed by atoms with Crippen LogP contribution in [0.1, 0.15) is 11.3 Å². The molecule has 90 valence electrons. The van der Waals surface area contributed by atoms with Gasteiger partial charge < -0.3 is 0 Å². The van der Waals surface area contributed by atoms with Gasteiger partial charge in [-0.3, -0.25) is 0 Å². The SMILES string of the molecule is Cc1ccsc1-c1cc(C(F)(F)F)nc(Cl)n1. The molecule has 2 aromatic heterocycles. The molecule has 0 aliphatic heterocycles.